The Morgan fingerprint density at radius 1 is 1.18 bits per heavy atom. The fourth-order valence-electron chi connectivity index (χ4n) is 1.38. The van der Waals surface area contributed by atoms with E-state index in [0.717, 1.165) is 14.2 Å². The van der Waals surface area contributed by atoms with E-state index in [1.165, 1.54) is 0 Å². The molecule has 0 aliphatic rings. The molecule has 0 spiro atoms. The van der Waals surface area contributed by atoms with Crippen LogP contribution in [0, 0.1) is 11.6 Å². The second kappa shape index (κ2) is 5.05. The molecule has 0 aliphatic carbocycles. The minimum absolute atomic E-state index is 0.289. The Bertz CT molecular complexity index is 502. The second-order valence-electron chi connectivity index (χ2n) is 3.07. The van der Waals surface area contributed by atoms with Crippen molar-refractivity contribution >= 4 is 19.7 Å². The first-order valence-electron chi connectivity index (χ1n) is 4.31. The van der Waals surface area contributed by atoms with Crippen LogP contribution in [0.1, 0.15) is 5.56 Å². The van der Waals surface area contributed by atoms with Gasteiger partial charge >= 0.3 is 0 Å². The van der Waals surface area contributed by atoms with Gasteiger partial charge in [0.15, 0.2) is 23.1 Å². The number of methoxy groups -OCH3 is 2. The fourth-order valence-corrected chi connectivity index (χ4v) is 2.31. The summed E-state index contributed by atoms with van der Waals surface area (Å²) in [5.74, 6) is -3.67. The third-order valence-corrected chi connectivity index (χ3v) is 2.92. The van der Waals surface area contributed by atoms with E-state index in [1.807, 2.05) is 0 Å². The zero-order chi connectivity index (χ0) is 13.2. The van der Waals surface area contributed by atoms with E-state index in [9.17, 15) is 17.2 Å². The molecule has 0 bridgehead atoms. The molecule has 17 heavy (non-hydrogen) atoms. The average Bonchev–Trinajstić information content (AvgIpc) is 2.15. The highest BCUT2D eigenvalue weighted by Gasteiger charge is 2.24. The third kappa shape index (κ3) is 3.19. The maximum Gasteiger partial charge on any atom is 0.237 e. The summed E-state index contributed by atoms with van der Waals surface area (Å²) in [5, 5.41) is 0. The van der Waals surface area contributed by atoms with Crippen LogP contribution >= 0.6 is 10.7 Å². The SMILES string of the molecule is COc1c(F)cc(F)c(OC)c1CS(=O)(=O)Cl. The Kier molecular flexibility index (Phi) is 4.16. The minimum atomic E-state index is -4.00. The highest BCUT2D eigenvalue weighted by atomic mass is 35.7. The molecular formula is C9H9ClF2O4S. The van der Waals surface area contributed by atoms with Crippen LogP contribution in [-0.4, -0.2) is 22.6 Å². The zero-order valence-electron chi connectivity index (χ0n) is 8.96. The lowest BCUT2D eigenvalue weighted by Gasteiger charge is -2.13. The van der Waals surface area contributed by atoms with Gasteiger partial charge in [0.2, 0.25) is 9.05 Å². The summed E-state index contributed by atoms with van der Waals surface area (Å²) in [5.41, 5.74) is -0.289. The predicted octanol–water partition coefficient (Wildman–Crippen LogP) is 2.05. The van der Waals surface area contributed by atoms with E-state index in [-0.39, 0.29) is 5.56 Å². The minimum Gasteiger partial charge on any atom is -0.493 e. The summed E-state index contributed by atoms with van der Waals surface area (Å²) < 4.78 is 58.0. The number of rotatable bonds is 4. The van der Waals surface area contributed by atoms with Crippen molar-refractivity contribution in [2.24, 2.45) is 0 Å². The van der Waals surface area contributed by atoms with E-state index in [1.54, 1.807) is 0 Å². The first-order valence-corrected chi connectivity index (χ1v) is 6.79. The van der Waals surface area contributed by atoms with Gasteiger partial charge in [-0.05, 0) is 0 Å². The van der Waals surface area contributed by atoms with E-state index < -0.39 is 37.9 Å². The van der Waals surface area contributed by atoms with Gasteiger partial charge in [-0.25, -0.2) is 17.2 Å². The predicted molar refractivity (Wildman–Crippen MR) is 57.9 cm³/mol. The Balaban J connectivity index is 3.51. The topological polar surface area (TPSA) is 52.6 Å². The quantitative estimate of drug-likeness (QED) is 0.795. The maximum absolute atomic E-state index is 13.3. The van der Waals surface area contributed by atoms with Gasteiger partial charge in [-0.3, -0.25) is 0 Å². The van der Waals surface area contributed by atoms with Crippen LogP contribution in [0.3, 0.4) is 0 Å². The largest absolute Gasteiger partial charge is 0.493 e. The molecule has 1 aromatic carbocycles. The molecule has 0 atom stereocenters. The lowest BCUT2D eigenvalue weighted by Crippen LogP contribution is -2.05. The molecule has 0 aromatic heterocycles. The van der Waals surface area contributed by atoms with Crippen LogP contribution in [0.15, 0.2) is 6.07 Å². The molecule has 0 fully saturated rings. The van der Waals surface area contributed by atoms with Crippen molar-refractivity contribution in [2.75, 3.05) is 14.2 Å². The van der Waals surface area contributed by atoms with Gasteiger partial charge in [-0.15, -0.1) is 0 Å². The molecule has 8 heteroatoms. The average molecular weight is 287 g/mol. The van der Waals surface area contributed by atoms with E-state index >= 15 is 0 Å². The molecule has 1 aromatic rings. The van der Waals surface area contributed by atoms with Crippen LogP contribution < -0.4 is 9.47 Å². The van der Waals surface area contributed by atoms with Crippen LogP contribution in [0.4, 0.5) is 8.78 Å². The van der Waals surface area contributed by atoms with Crippen molar-refractivity contribution in [2.45, 2.75) is 5.75 Å². The first kappa shape index (κ1) is 14.0. The summed E-state index contributed by atoms with van der Waals surface area (Å²) in [7, 11) is 3.30. The summed E-state index contributed by atoms with van der Waals surface area (Å²) >= 11 is 0. The Morgan fingerprint density at radius 2 is 1.59 bits per heavy atom. The molecule has 0 radical (unpaired) electrons. The summed E-state index contributed by atoms with van der Waals surface area (Å²) in [6, 6.07) is 0.544. The number of ether oxygens (including phenoxy) is 2. The maximum atomic E-state index is 13.3. The first-order chi connectivity index (χ1) is 7.80. The molecule has 0 saturated heterocycles. The van der Waals surface area contributed by atoms with E-state index in [0.29, 0.717) is 6.07 Å². The normalized spacial score (nSPS) is 11.4. The Hall–Kier alpha value is -1.08. The number of hydrogen-bond donors (Lipinski definition) is 0. The van der Waals surface area contributed by atoms with E-state index in [2.05, 4.69) is 9.47 Å². The highest BCUT2D eigenvalue weighted by Crippen LogP contribution is 2.35. The van der Waals surface area contributed by atoms with Gasteiger partial charge in [0.25, 0.3) is 0 Å². The molecule has 0 saturated carbocycles. The summed E-state index contributed by atoms with van der Waals surface area (Å²) in [4.78, 5) is 0. The lowest BCUT2D eigenvalue weighted by atomic mass is 10.2. The monoisotopic (exact) mass is 286 g/mol. The zero-order valence-corrected chi connectivity index (χ0v) is 10.5. The Labute approximate surface area is 102 Å². The van der Waals surface area contributed by atoms with E-state index in [4.69, 9.17) is 10.7 Å². The van der Waals surface area contributed by atoms with Gasteiger partial charge in [-0.2, -0.15) is 0 Å². The lowest BCUT2D eigenvalue weighted by molar-refractivity contribution is 0.352. The number of halogens is 3. The van der Waals surface area contributed by atoms with Crippen molar-refractivity contribution in [3.8, 4) is 11.5 Å². The molecular weight excluding hydrogens is 278 g/mol. The van der Waals surface area contributed by atoms with Crippen molar-refractivity contribution in [3.63, 3.8) is 0 Å². The third-order valence-electron chi connectivity index (χ3n) is 1.96. The summed E-state index contributed by atoms with van der Waals surface area (Å²) in [6.45, 7) is 0. The second-order valence-corrected chi connectivity index (χ2v) is 5.85. The number of benzene rings is 1. The standard InChI is InChI=1S/C9H9ClF2O4S/c1-15-8-5(4-17(10,13)14)9(16-2)7(12)3-6(8)11/h3H,4H2,1-2H3. The fraction of sp³-hybridized carbons (Fsp3) is 0.333. The van der Waals surface area contributed by atoms with Crippen molar-refractivity contribution in [1.29, 1.82) is 0 Å². The molecule has 0 unspecified atom stereocenters. The van der Waals surface area contributed by atoms with Crippen LogP contribution in [-0.2, 0) is 14.8 Å². The summed E-state index contributed by atoms with van der Waals surface area (Å²) in [6.07, 6.45) is 0. The van der Waals surface area contributed by atoms with Crippen molar-refractivity contribution in [1.82, 2.24) is 0 Å². The van der Waals surface area contributed by atoms with Crippen LogP contribution in [0.25, 0.3) is 0 Å². The van der Waals surface area contributed by atoms with Crippen molar-refractivity contribution in [3.05, 3.63) is 23.3 Å². The number of hydrogen-bond acceptors (Lipinski definition) is 4. The highest BCUT2D eigenvalue weighted by molar-refractivity contribution is 8.13. The van der Waals surface area contributed by atoms with Gasteiger partial charge in [0, 0.05) is 16.7 Å². The van der Waals surface area contributed by atoms with Gasteiger partial charge in [-0.1, -0.05) is 0 Å². The molecule has 4 nitrogen and oxygen atoms in total. The Morgan fingerprint density at radius 3 is 1.88 bits per heavy atom. The molecule has 0 heterocycles. The smallest absolute Gasteiger partial charge is 0.237 e. The molecule has 0 N–H and O–H groups in total. The van der Waals surface area contributed by atoms with Gasteiger partial charge in [0.1, 0.15) is 0 Å². The molecule has 0 amide bonds. The van der Waals surface area contributed by atoms with Crippen LogP contribution in [0.2, 0.25) is 0 Å². The van der Waals surface area contributed by atoms with Gasteiger partial charge < -0.3 is 9.47 Å². The molecule has 1 rings (SSSR count). The van der Waals surface area contributed by atoms with Crippen molar-refractivity contribution < 1.29 is 26.7 Å². The van der Waals surface area contributed by atoms with Crippen LogP contribution in [0.5, 0.6) is 11.5 Å². The van der Waals surface area contributed by atoms with Gasteiger partial charge in [0.05, 0.1) is 25.5 Å². The molecule has 96 valence electrons. The molecule has 0 aliphatic heterocycles.